The van der Waals surface area contributed by atoms with E-state index in [4.69, 9.17) is 0 Å². The van der Waals surface area contributed by atoms with Crippen molar-refractivity contribution in [2.45, 2.75) is 6.42 Å². The second-order valence-electron chi connectivity index (χ2n) is 3.17. The number of aromatic nitrogens is 1. The maximum Gasteiger partial charge on any atom is 0.224 e. The van der Waals surface area contributed by atoms with Crippen molar-refractivity contribution in [1.82, 2.24) is 4.98 Å². The second kappa shape index (κ2) is 4.09. The van der Waals surface area contributed by atoms with Crippen LogP contribution in [0.15, 0.2) is 36.5 Å². The summed E-state index contributed by atoms with van der Waals surface area (Å²) in [6.07, 6.45) is 1.96. The molecule has 0 aliphatic heterocycles. The van der Waals surface area contributed by atoms with Crippen LogP contribution in [0.4, 0.5) is 5.69 Å². The lowest BCUT2D eigenvalue weighted by atomic mass is 10.2. The number of carbonyl (C=O) groups excluding carboxylic acids is 1. The highest BCUT2D eigenvalue weighted by atomic mass is 16.1. The Balaban J connectivity index is 2.46. The molecule has 3 nitrogen and oxygen atoms in total. The van der Waals surface area contributed by atoms with Gasteiger partial charge < -0.3 is 5.32 Å². The number of benzene rings is 1. The summed E-state index contributed by atoms with van der Waals surface area (Å²) >= 11 is 0. The Hall–Kier alpha value is -1.90. The smallest absolute Gasteiger partial charge is 0.224 e. The zero-order valence-corrected chi connectivity index (χ0v) is 8.23. The molecule has 1 radical (unpaired) electrons. The minimum absolute atomic E-state index is 0.0913. The largest absolute Gasteiger partial charge is 0.325 e. The highest BCUT2D eigenvalue weighted by molar-refractivity contribution is 6.00. The van der Waals surface area contributed by atoms with Gasteiger partial charge in [0.15, 0.2) is 0 Å². The van der Waals surface area contributed by atoms with Gasteiger partial charge in [-0.1, -0.05) is 6.07 Å². The molecule has 1 aromatic heterocycles. The van der Waals surface area contributed by atoms with E-state index in [1.807, 2.05) is 30.3 Å². The zero-order chi connectivity index (χ0) is 10.7. The van der Waals surface area contributed by atoms with Crippen molar-refractivity contribution in [1.29, 1.82) is 0 Å². The van der Waals surface area contributed by atoms with Crippen molar-refractivity contribution in [2.75, 3.05) is 5.32 Å². The van der Waals surface area contributed by atoms with Gasteiger partial charge in [-0.05, 0) is 31.2 Å². The van der Waals surface area contributed by atoms with Gasteiger partial charge in [0.1, 0.15) is 0 Å². The van der Waals surface area contributed by atoms with E-state index in [1.165, 1.54) is 0 Å². The first-order valence-electron chi connectivity index (χ1n) is 4.74. The Bertz CT molecular complexity index is 488. The molecule has 2 rings (SSSR count). The number of carbonyl (C=O) groups is 1. The van der Waals surface area contributed by atoms with E-state index in [1.54, 1.807) is 6.20 Å². The molecule has 0 unspecified atom stereocenters. The Morgan fingerprint density at radius 2 is 2.20 bits per heavy atom. The number of nitrogens with zero attached hydrogens (tertiary/aromatic N) is 1. The first-order chi connectivity index (χ1) is 7.31. The quantitative estimate of drug-likeness (QED) is 0.806. The van der Waals surface area contributed by atoms with Gasteiger partial charge in [0, 0.05) is 18.0 Å². The highest BCUT2D eigenvalue weighted by Crippen LogP contribution is 2.21. The van der Waals surface area contributed by atoms with Gasteiger partial charge in [0.05, 0.1) is 11.2 Å². The molecule has 15 heavy (non-hydrogen) atoms. The lowest BCUT2D eigenvalue weighted by Gasteiger charge is -2.06. The lowest BCUT2D eigenvalue weighted by Crippen LogP contribution is -2.09. The molecule has 1 aromatic carbocycles. The fourth-order valence-corrected chi connectivity index (χ4v) is 1.43. The summed E-state index contributed by atoms with van der Waals surface area (Å²) in [6.45, 7) is 3.53. The third-order valence-electron chi connectivity index (χ3n) is 2.15. The Morgan fingerprint density at radius 3 is 3.00 bits per heavy atom. The normalized spacial score (nSPS) is 10.2. The molecule has 75 valence electrons. The number of pyridine rings is 1. The summed E-state index contributed by atoms with van der Waals surface area (Å²) < 4.78 is 0. The van der Waals surface area contributed by atoms with Gasteiger partial charge in [-0.15, -0.1) is 0 Å². The third-order valence-corrected chi connectivity index (χ3v) is 2.15. The van der Waals surface area contributed by atoms with E-state index < -0.39 is 0 Å². The maximum atomic E-state index is 11.2. The van der Waals surface area contributed by atoms with Gasteiger partial charge in [-0.3, -0.25) is 9.78 Å². The monoisotopic (exact) mass is 199 g/mol. The second-order valence-corrected chi connectivity index (χ2v) is 3.17. The zero-order valence-electron chi connectivity index (χ0n) is 8.23. The van der Waals surface area contributed by atoms with Crippen molar-refractivity contribution in [3.63, 3.8) is 0 Å². The fourth-order valence-electron chi connectivity index (χ4n) is 1.43. The summed E-state index contributed by atoms with van der Waals surface area (Å²) in [6, 6.07) is 9.42. The number of nitrogens with one attached hydrogen (secondary N) is 1. The van der Waals surface area contributed by atoms with E-state index in [2.05, 4.69) is 17.2 Å². The average molecular weight is 199 g/mol. The van der Waals surface area contributed by atoms with Crippen molar-refractivity contribution in [3.05, 3.63) is 43.5 Å². The van der Waals surface area contributed by atoms with Gasteiger partial charge >= 0.3 is 0 Å². The minimum Gasteiger partial charge on any atom is -0.325 e. The lowest BCUT2D eigenvalue weighted by molar-refractivity contribution is -0.115. The molecule has 2 aromatic rings. The first kappa shape index (κ1) is 9.65. The van der Waals surface area contributed by atoms with Gasteiger partial charge in [-0.25, -0.2) is 0 Å². The predicted octanol–water partition coefficient (Wildman–Crippen LogP) is 2.40. The molecular weight excluding hydrogens is 188 g/mol. The molecule has 1 heterocycles. The van der Waals surface area contributed by atoms with Crippen LogP contribution in [0, 0.1) is 6.92 Å². The number of fused-ring (bicyclic) bond motifs is 1. The summed E-state index contributed by atoms with van der Waals surface area (Å²) in [5.74, 6) is -0.0913. The summed E-state index contributed by atoms with van der Waals surface area (Å²) in [5.41, 5.74) is 1.66. The van der Waals surface area contributed by atoms with Crippen molar-refractivity contribution in [2.24, 2.45) is 0 Å². The fraction of sp³-hybridized carbons (Fsp3) is 0.0833. The average Bonchev–Trinajstić information content (AvgIpc) is 2.29. The van der Waals surface area contributed by atoms with Gasteiger partial charge in [-0.2, -0.15) is 0 Å². The van der Waals surface area contributed by atoms with Crippen molar-refractivity contribution >= 4 is 22.5 Å². The van der Waals surface area contributed by atoms with Crippen LogP contribution in [0.5, 0.6) is 0 Å². The van der Waals surface area contributed by atoms with Crippen LogP contribution in [-0.4, -0.2) is 10.9 Å². The molecule has 1 N–H and O–H groups in total. The molecule has 1 amide bonds. The van der Waals surface area contributed by atoms with Crippen LogP contribution in [0.3, 0.4) is 0 Å². The van der Waals surface area contributed by atoms with Crippen molar-refractivity contribution in [3.8, 4) is 0 Å². The topological polar surface area (TPSA) is 42.0 Å². The summed E-state index contributed by atoms with van der Waals surface area (Å²) in [4.78, 5) is 15.4. The molecule has 0 atom stereocenters. The Morgan fingerprint density at radius 1 is 1.33 bits per heavy atom. The van der Waals surface area contributed by atoms with Gasteiger partial charge in [0.25, 0.3) is 0 Å². The Labute approximate surface area is 88.1 Å². The number of rotatable bonds is 2. The van der Waals surface area contributed by atoms with Crippen LogP contribution in [0.1, 0.15) is 6.42 Å². The molecule has 0 aliphatic carbocycles. The SMILES string of the molecule is [CH2]CC(=O)Nc1cccc2ncccc12. The first-order valence-corrected chi connectivity index (χ1v) is 4.74. The number of anilines is 1. The summed E-state index contributed by atoms with van der Waals surface area (Å²) in [7, 11) is 0. The van der Waals surface area contributed by atoms with Crippen LogP contribution < -0.4 is 5.32 Å². The molecular formula is C12H11N2O. The highest BCUT2D eigenvalue weighted by Gasteiger charge is 2.03. The molecule has 0 spiro atoms. The minimum atomic E-state index is -0.0913. The molecule has 0 aliphatic rings. The number of hydrogen-bond acceptors (Lipinski definition) is 2. The van der Waals surface area contributed by atoms with Gasteiger partial charge in [0.2, 0.25) is 5.91 Å². The van der Waals surface area contributed by atoms with E-state index in [0.29, 0.717) is 0 Å². The summed E-state index contributed by atoms with van der Waals surface area (Å²) in [5, 5.41) is 3.74. The van der Waals surface area contributed by atoms with E-state index >= 15 is 0 Å². The Kier molecular flexibility index (Phi) is 2.63. The molecule has 3 heteroatoms. The molecule has 0 saturated carbocycles. The predicted molar refractivity (Wildman–Crippen MR) is 60.3 cm³/mol. The molecule has 0 saturated heterocycles. The molecule has 0 fully saturated rings. The van der Waals surface area contributed by atoms with Crippen molar-refractivity contribution < 1.29 is 4.79 Å². The van der Waals surface area contributed by atoms with E-state index in [0.717, 1.165) is 16.6 Å². The van der Waals surface area contributed by atoms with Crippen LogP contribution in [-0.2, 0) is 4.79 Å². The standard InChI is InChI=1S/C12H11N2O/c1-2-12(15)14-11-7-3-6-10-9(11)5-4-8-13-10/h3-8H,1-2H2,(H,14,15). The molecule has 0 bridgehead atoms. The van der Waals surface area contributed by atoms with E-state index in [9.17, 15) is 4.79 Å². The van der Waals surface area contributed by atoms with Crippen LogP contribution in [0.2, 0.25) is 0 Å². The number of hydrogen-bond donors (Lipinski definition) is 1. The van der Waals surface area contributed by atoms with Crippen LogP contribution in [0.25, 0.3) is 10.9 Å². The van der Waals surface area contributed by atoms with Crippen LogP contribution >= 0.6 is 0 Å². The van der Waals surface area contributed by atoms with E-state index in [-0.39, 0.29) is 12.3 Å². The number of amides is 1. The maximum absolute atomic E-state index is 11.2. The third kappa shape index (κ3) is 1.96.